The van der Waals surface area contributed by atoms with Gasteiger partial charge in [0.1, 0.15) is 0 Å². The molecule has 4 aliphatic carbocycles. The number of carbonyl (C=O) groups is 2. The van der Waals surface area contributed by atoms with Crippen LogP contribution in [0.2, 0.25) is 0 Å². The second kappa shape index (κ2) is 5.24. The molecule has 4 heteroatoms. The lowest BCUT2D eigenvalue weighted by molar-refractivity contribution is -0.148. The molecule has 5 fully saturated rings. The number of aliphatic carboxylic acids is 1. The average Bonchev–Trinajstić information content (AvgIpc) is 2.45. The molecule has 22 heavy (non-hydrogen) atoms. The van der Waals surface area contributed by atoms with Crippen molar-refractivity contribution in [2.75, 3.05) is 13.1 Å². The largest absolute Gasteiger partial charge is 0.481 e. The molecule has 1 saturated heterocycles. The standard InChI is InChI=1S/C18H27NO3/c20-16(19-3-1-2-15(11-19)17(21)22)10-18-7-12-4-13(8-18)6-14(5-12)9-18/h12-15H,1-11H2,(H,21,22). The van der Waals surface area contributed by atoms with Crippen molar-refractivity contribution >= 4 is 11.9 Å². The third kappa shape index (κ3) is 2.55. The van der Waals surface area contributed by atoms with Crippen LogP contribution in [0.5, 0.6) is 0 Å². The zero-order valence-electron chi connectivity index (χ0n) is 13.3. The van der Waals surface area contributed by atoms with Gasteiger partial charge in [0, 0.05) is 19.5 Å². The van der Waals surface area contributed by atoms with Crippen LogP contribution in [0.3, 0.4) is 0 Å². The Morgan fingerprint density at radius 1 is 1.05 bits per heavy atom. The molecule has 0 aromatic heterocycles. The number of carbonyl (C=O) groups excluding carboxylic acids is 1. The van der Waals surface area contributed by atoms with E-state index < -0.39 is 5.97 Å². The minimum Gasteiger partial charge on any atom is -0.481 e. The number of carboxylic acids is 1. The van der Waals surface area contributed by atoms with Crippen LogP contribution in [0.15, 0.2) is 0 Å². The number of hydrogen-bond donors (Lipinski definition) is 1. The Hall–Kier alpha value is -1.06. The number of likely N-dealkylation sites (tertiary alicyclic amines) is 1. The van der Waals surface area contributed by atoms with Crippen LogP contribution in [0.4, 0.5) is 0 Å². The smallest absolute Gasteiger partial charge is 0.308 e. The van der Waals surface area contributed by atoms with Gasteiger partial charge in [-0.15, -0.1) is 0 Å². The van der Waals surface area contributed by atoms with E-state index in [0.29, 0.717) is 13.0 Å². The highest BCUT2D eigenvalue weighted by atomic mass is 16.4. The Balaban J connectivity index is 1.42. The third-order valence-corrected chi connectivity index (χ3v) is 6.81. The van der Waals surface area contributed by atoms with E-state index in [-0.39, 0.29) is 17.2 Å². The summed E-state index contributed by atoms with van der Waals surface area (Å²) in [4.78, 5) is 25.8. The molecular formula is C18H27NO3. The van der Waals surface area contributed by atoms with Gasteiger partial charge < -0.3 is 10.0 Å². The molecule has 0 radical (unpaired) electrons. The van der Waals surface area contributed by atoms with E-state index in [4.69, 9.17) is 0 Å². The summed E-state index contributed by atoms with van der Waals surface area (Å²) in [5.74, 6) is 1.74. The first-order chi connectivity index (χ1) is 10.5. The minimum absolute atomic E-state index is 0.230. The van der Waals surface area contributed by atoms with Gasteiger partial charge in [-0.2, -0.15) is 0 Å². The summed E-state index contributed by atoms with van der Waals surface area (Å²) in [6.45, 7) is 1.19. The lowest BCUT2D eigenvalue weighted by atomic mass is 9.49. The Bertz CT molecular complexity index is 451. The predicted molar refractivity (Wildman–Crippen MR) is 82.2 cm³/mol. The minimum atomic E-state index is -0.743. The van der Waals surface area contributed by atoms with E-state index in [9.17, 15) is 14.7 Å². The number of piperidine rings is 1. The summed E-state index contributed by atoms with van der Waals surface area (Å²) >= 11 is 0. The van der Waals surface area contributed by atoms with Gasteiger partial charge in [0.25, 0.3) is 0 Å². The van der Waals surface area contributed by atoms with Gasteiger partial charge in [0.05, 0.1) is 5.92 Å². The molecule has 0 aromatic carbocycles. The van der Waals surface area contributed by atoms with Crippen molar-refractivity contribution in [3.05, 3.63) is 0 Å². The van der Waals surface area contributed by atoms with Gasteiger partial charge in [0.15, 0.2) is 0 Å². The third-order valence-electron chi connectivity index (χ3n) is 6.81. The molecule has 5 rings (SSSR count). The molecule has 1 amide bonds. The first kappa shape index (κ1) is 14.5. The second-order valence-electron chi connectivity index (χ2n) is 8.61. The van der Waals surface area contributed by atoms with Crippen molar-refractivity contribution in [3.8, 4) is 0 Å². The Kier molecular flexibility index (Phi) is 3.46. The average molecular weight is 305 g/mol. The van der Waals surface area contributed by atoms with Gasteiger partial charge in [-0.1, -0.05) is 0 Å². The molecule has 1 aliphatic heterocycles. The summed E-state index contributed by atoms with van der Waals surface area (Å²) in [5.41, 5.74) is 0.266. The number of rotatable bonds is 3. The molecular weight excluding hydrogens is 278 g/mol. The zero-order chi connectivity index (χ0) is 15.3. The highest BCUT2D eigenvalue weighted by Crippen LogP contribution is 2.61. The maximum Gasteiger partial charge on any atom is 0.308 e. The molecule has 122 valence electrons. The van der Waals surface area contributed by atoms with Crippen LogP contribution in [0.25, 0.3) is 0 Å². The van der Waals surface area contributed by atoms with Gasteiger partial charge >= 0.3 is 5.97 Å². The summed E-state index contributed by atoms with van der Waals surface area (Å²) in [7, 11) is 0. The number of carboxylic acid groups (broad SMARTS) is 1. The van der Waals surface area contributed by atoms with Crippen LogP contribution in [-0.4, -0.2) is 35.0 Å². The lowest BCUT2D eigenvalue weighted by Gasteiger charge is -2.57. The molecule has 4 nitrogen and oxygen atoms in total. The van der Waals surface area contributed by atoms with Crippen LogP contribution >= 0.6 is 0 Å². The first-order valence-electron chi connectivity index (χ1n) is 9.04. The van der Waals surface area contributed by atoms with E-state index in [1.54, 1.807) is 0 Å². The number of hydrogen-bond acceptors (Lipinski definition) is 2. The first-order valence-corrected chi connectivity index (χ1v) is 9.04. The lowest BCUT2D eigenvalue weighted by Crippen LogP contribution is -2.50. The van der Waals surface area contributed by atoms with Gasteiger partial charge in [-0.05, 0) is 74.5 Å². The fraction of sp³-hybridized carbons (Fsp3) is 0.889. The number of amides is 1. The summed E-state index contributed by atoms with van der Waals surface area (Å²) < 4.78 is 0. The molecule has 4 saturated carbocycles. The molecule has 1 N–H and O–H groups in total. The highest BCUT2D eigenvalue weighted by Gasteiger charge is 2.51. The SMILES string of the molecule is O=C(O)C1CCCN(C(=O)CC23CC4CC(CC(C4)C2)C3)C1. The van der Waals surface area contributed by atoms with E-state index in [2.05, 4.69) is 0 Å². The Morgan fingerprint density at radius 2 is 1.64 bits per heavy atom. The molecule has 0 aromatic rings. The Morgan fingerprint density at radius 3 is 2.18 bits per heavy atom. The zero-order valence-corrected chi connectivity index (χ0v) is 13.3. The monoisotopic (exact) mass is 305 g/mol. The van der Waals surface area contributed by atoms with E-state index in [1.165, 1.54) is 38.5 Å². The molecule has 1 atom stereocenters. The van der Waals surface area contributed by atoms with Crippen LogP contribution in [0, 0.1) is 29.1 Å². The summed E-state index contributed by atoms with van der Waals surface area (Å²) in [6.07, 6.45) is 10.2. The molecule has 1 heterocycles. The maximum atomic E-state index is 12.8. The van der Waals surface area contributed by atoms with Crippen molar-refractivity contribution in [3.63, 3.8) is 0 Å². The van der Waals surface area contributed by atoms with Crippen molar-refractivity contribution in [1.29, 1.82) is 0 Å². The quantitative estimate of drug-likeness (QED) is 0.872. The van der Waals surface area contributed by atoms with Gasteiger partial charge in [0.2, 0.25) is 5.91 Å². The van der Waals surface area contributed by atoms with E-state index >= 15 is 0 Å². The molecule has 5 aliphatic rings. The molecule has 1 unspecified atom stereocenters. The van der Waals surface area contributed by atoms with Crippen molar-refractivity contribution < 1.29 is 14.7 Å². The van der Waals surface area contributed by atoms with Gasteiger partial charge in [-0.3, -0.25) is 9.59 Å². The Labute approximate surface area is 132 Å². The van der Waals surface area contributed by atoms with E-state index in [1.807, 2.05) is 4.90 Å². The van der Waals surface area contributed by atoms with Gasteiger partial charge in [-0.25, -0.2) is 0 Å². The van der Waals surface area contributed by atoms with Crippen LogP contribution in [0.1, 0.15) is 57.8 Å². The van der Waals surface area contributed by atoms with E-state index in [0.717, 1.165) is 37.1 Å². The fourth-order valence-electron chi connectivity index (χ4n) is 6.34. The normalized spacial score (nSPS) is 43.4. The summed E-state index contributed by atoms with van der Waals surface area (Å²) in [5, 5.41) is 9.20. The predicted octanol–water partition coefficient (Wildman–Crippen LogP) is 2.92. The van der Waals surface area contributed by atoms with Crippen molar-refractivity contribution in [2.45, 2.75) is 57.8 Å². The van der Waals surface area contributed by atoms with Crippen molar-refractivity contribution in [2.24, 2.45) is 29.1 Å². The second-order valence-corrected chi connectivity index (χ2v) is 8.61. The molecule has 4 bridgehead atoms. The molecule has 0 spiro atoms. The topological polar surface area (TPSA) is 57.6 Å². The summed E-state index contributed by atoms with van der Waals surface area (Å²) in [6, 6.07) is 0. The number of nitrogens with zero attached hydrogens (tertiary/aromatic N) is 1. The fourth-order valence-corrected chi connectivity index (χ4v) is 6.34. The maximum absolute atomic E-state index is 12.8. The highest BCUT2D eigenvalue weighted by molar-refractivity contribution is 5.78. The van der Waals surface area contributed by atoms with Crippen LogP contribution < -0.4 is 0 Å². The van der Waals surface area contributed by atoms with Crippen LogP contribution in [-0.2, 0) is 9.59 Å². The van der Waals surface area contributed by atoms with Crippen molar-refractivity contribution in [1.82, 2.24) is 4.90 Å².